The zero-order valence-electron chi connectivity index (χ0n) is 12.8. The molecule has 2 aliphatic heterocycles. The number of sulfonamides is 1. The van der Waals surface area contributed by atoms with Crippen molar-refractivity contribution in [3.05, 3.63) is 18.6 Å². The molecule has 0 atom stereocenters. The molecular formula is C14H22N4O3S. The quantitative estimate of drug-likeness (QED) is 0.781. The van der Waals surface area contributed by atoms with E-state index in [4.69, 9.17) is 4.74 Å². The fraction of sp³-hybridized carbons (Fsp3) is 0.714. The normalized spacial score (nSPS) is 23.4. The van der Waals surface area contributed by atoms with Gasteiger partial charge in [0.05, 0.1) is 25.7 Å². The lowest BCUT2D eigenvalue weighted by Gasteiger charge is -2.42. The summed E-state index contributed by atoms with van der Waals surface area (Å²) >= 11 is 0. The molecule has 0 radical (unpaired) electrons. The molecular weight excluding hydrogens is 304 g/mol. The maximum atomic E-state index is 11.9. The van der Waals surface area contributed by atoms with Crippen LogP contribution in [0.15, 0.2) is 18.6 Å². The van der Waals surface area contributed by atoms with E-state index in [0.717, 1.165) is 31.7 Å². The van der Waals surface area contributed by atoms with Crippen LogP contribution in [0.25, 0.3) is 0 Å². The molecule has 3 heterocycles. The Balaban J connectivity index is 1.70. The first-order valence-electron chi connectivity index (χ1n) is 7.52. The SMILES string of the molecule is CS(=O)(=O)N1CCOCC2(CCN(c3cnccn3)CC2)C1. The number of anilines is 1. The summed E-state index contributed by atoms with van der Waals surface area (Å²) in [6, 6.07) is 0. The number of aromatic nitrogens is 2. The Bertz CT molecular complexity index is 600. The van der Waals surface area contributed by atoms with Gasteiger partial charge in [-0.25, -0.2) is 13.4 Å². The van der Waals surface area contributed by atoms with Crippen molar-refractivity contribution in [2.45, 2.75) is 12.8 Å². The summed E-state index contributed by atoms with van der Waals surface area (Å²) in [5, 5.41) is 0. The van der Waals surface area contributed by atoms with Gasteiger partial charge in [-0.1, -0.05) is 0 Å². The highest BCUT2D eigenvalue weighted by atomic mass is 32.2. The molecule has 2 fully saturated rings. The highest BCUT2D eigenvalue weighted by Gasteiger charge is 2.40. The molecule has 1 aromatic rings. The highest BCUT2D eigenvalue weighted by molar-refractivity contribution is 7.88. The summed E-state index contributed by atoms with van der Waals surface area (Å²) in [7, 11) is -3.17. The summed E-state index contributed by atoms with van der Waals surface area (Å²) in [6.45, 7) is 3.81. The van der Waals surface area contributed by atoms with Gasteiger partial charge in [-0.15, -0.1) is 0 Å². The van der Waals surface area contributed by atoms with Gasteiger partial charge in [0.25, 0.3) is 0 Å². The maximum Gasteiger partial charge on any atom is 0.211 e. The van der Waals surface area contributed by atoms with E-state index in [0.29, 0.717) is 26.3 Å². The number of piperidine rings is 1. The minimum atomic E-state index is -3.17. The van der Waals surface area contributed by atoms with Gasteiger partial charge >= 0.3 is 0 Å². The van der Waals surface area contributed by atoms with Crippen molar-refractivity contribution in [2.24, 2.45) is 5.41 Å². The van der Waals surface area contributed by atoms with Crippen LogP contribution in [-0.2, 0) is 14.8 Å². The molecule has 7 nitrogen and oxygen atoms in total. The Kier molecular flexibility index (Phi) is 4.33. The molecule has 2 aliphatic rings. The standard InChI is InChI=1S/C14H22N4O3S/c1-22(19,20)18-8-9-21-12-14(11-18)2-6-17(7-3-14)13-10-15-4-5-16-13/h4-5,10H,2-3,6-9,11-12H2,1H3. The lowest BCUT2D eigenvalue weighted by atomic mass is 9.79. The van der Waals surface area contributed by atoms with Crippen LogP contribution in [0.5, 0.6) is 0 Å². The van der Waals surface area contributed by atoms with Gasteiger partial charge in [0.2, 0.25) is 10.0 Å². The van der Waals surface area contributed by atoms with Crippen molar-refractivity contribution in [1.29, 1.82) is 0 Å². The second kappa shape index (κ2) is 6.10. The Morgan fingerprint density at radius 2 is 2.00 bits per heavy atom. The average molecular weight is 326 g/mol. The van der Waals surface area contributed by atoms with Crippen LogP contribution in [0, 0.1) is 5.41 Å². The van der Waals surface area contributed by atoms with Crippen LogP contribution in [0.1, 0.15) is 12.8 Å². The molecule has 0 bridgehead atoms. The average Bonchev–Trinajstić information content (AvgIpc) is 2.72. The van der Waals surface area contributed by atoms with Gasteiger partial charge in [-0.05, 0) is 12.8 Å². The van der Waals surface area contributed by atoms with Gasteiger partial charge < -0.3 is 9.64 Å². The molecule has 122 valence electrons. The lowest BCUT2D eigenvalue weighted by Crippen LogP contribution is -2.48. The minimum absolute atomic E-state index is 0.0850. The molecule has 8 heteroatoms. The van der Waals surface area contributed by atoms with Crippen LogP contribution in [0.2, 0.25) is 0 Å². The van der Waals surface area contributed by atoms with E-state index in [9.17, 15) is 8.42 Å². The molecule has 1 spiro atoms. The van der Waals surface area contributed by atoms with E-state index in [1.54, 1.807) is 22.9 Å². The molecule has 0 unspecified atom stereocenters. The third-order valence-corrected chi connectivity index (χ3v) is 5.82. The maximum absolute atomic E-state index is 11.9. The summed E-state index contributed by atoms with van der Waals surface area (Å²) in [6.07, 6.45) is 8.20. The predicted octanol–water partition coefficient (Wildman–Crippen LogP) is 0.355. The van der Waals surface area contributed by atoms with Crippen molar-refractivity contribution >= 4 is 15.8 Å². The van der Waals surface area contributed by atoms with Crippen molar-refractivity contribution in [3.8, 4) is 0 Å². The summed E-state index contributed by atoms with van der Waals surface area (Å²) in [4.78, 5) is 10.6. The predicted molar refractivity (Wildman–Crippen MR) is 83.1 cm³/mol. The number of ether oxygens (including phenoxy) is 1. The first-order chi connectivity index (χ1) is 10.5. The van der Waals surface area contributed by atoms with Crippen molar-refractivity contribution < 1.29 is 13.2 Å². The molecule has 2 saturated heterocycles. The summed E-state index contributed by atoms with van der Waals surface area (Å²) in [5.74, 6) is 0.881. The summed E-state index contributed by atoms with van der Waals surface area (Å²) in [5.41, 5.74) is -0.0850. The van der Waals surface area contributed by atoms with Crippen molar-refractivity contribution in [2.75, 3.05) is 50.5 Å². The summed E-state index contributed by atoms with van der Waals surface area (Å²) < 4.78 is 31.1. The number of hydrogen-bond donors (Lipinski definition) is 0. The molecule has 3 rings (SSSR count). The highest BCUT2D eigenvalue weighted by Crippen LogP contribution is 2.35. The fourth-order valence-corrected chi connectivity index (χ4v) is 4.12. The van der Waals surface area contributed by atoms with Gasteiger partial charge in [0, 0.05) is 44.0 Å². The first-order valence-corrected chi connectivity index (χ1v) is 9.37. The number of nitrogens with zero attached hydrogens (tertiary/aromatic N) is 4. The Morgan fingerprint density at radius 3 is 2.64 bits per heavy atom. The second-order valence-corrected chi connectivity index (χ2v) is 8.18. The smallest absolute Gasteiger partial charge is 0.211 e. The van der Waals surface area contributed by atoms with E-state index >= 15 is 0 Å². The minimum Gasteiger partial charge on any atom is -0.379 e. The van der Waals surface area contributed by atoms with Gasteiger partial charge in [0.1, 0.15) is 5.82 Å². The molecule has 0 amide bonds. The van der Waals surface area contributed by atoms with Crippen LogP contribution in [0.3, 0.4) is 0 Å². The molecule has 0 N–H and O–H groups in total. The van der Waals surface area contributed by atoms with Crippen LogP contribution >= 0.6 is 0 Å². The van der Waals surface area contributed by atoms with Gasteiger partial charge in [-0.2, -0.15) is 4.31 Å². The van der Waals surface area contributed by atoms with E-state index in [2.05, 4.69) is 14.9 Å². The molecule has 0 saturated carbocycles. The van der Waals surface area contributed by atoms with E-state index in [1.165, 1.54) is 6.26 Å². The van der Waals surface area contributed by atoms with E-state index in [-0.39, 0.29) is 5.41 Å². The zero-order valence-corrected chi connectivity index (χ0v) is 13.6. The molecule has 0 aliphatic carbocycles. The van der Waals surface area contributed by atoms with Crippen LogP contribution in [-0.4, -0.2) is 68.3 Å². The monoisotopic (exact) mass is 326 g/mol. The Morgan fingerprint density at radius 1 is 1.23 bits per heavy atom. The van der Waals surface area contributed by atoms with Crippen LogP contribution < -0.4 is 4.90 Å². The largest absolute Gasteiger partial charge is 0.379 e. The number of rotatable bonds is 2. The molecule has 0 aromatic carbocycles. The third kappa shape index (κ3) is 3.39. The Hall–Kier alpha value is -1.25. The second-order valence-electron chi connectivity index (χ2n) is 6.20. The van der Waals surface area contributed by atoms with E-state index < -0.39 is 10.0 Å². The fourth-order valence-electron chi connectivity index (χ4n) is 3.20. The van der Waals surface area contributed by atoms with Crippen LogP contribution in [0.4, 0.5) is 5.82 Å². The van der Waals surface area contributed by atoms with Gasteiger partial charge in [0.15, 0.2) is 0 Å². The van der Waals surface area contributed by atoms with Crippen molar-refractivity contribution in [3.63, 3.8) is 0 Å². The first kappa shape index (κ1) is 15.6. The zero-order chi connectivity index (χ0) is 15.6. The Labute approximate surface area is 131 Å². The van der Waals surface area contributed by atoms with E-state index in [1.807, 2.05) is 0 Å². The van der Waals surface area contributed by atoms with Crippen molar-refractivity contribution in [1.82, 2.24) is 14.3 Å². The van der Waals surface area contributed by atoms with Gasteiger partial charge in [-0.3, -0.25) is 4.98 Å². The molecule has 22 heavy (non-hydrogen) atoms. The lowest BCUT2D eigenvalue weighted by molar-refractivity contribution is 0.0518. The topological polar surface area (TPSA) is 75.6 Å². The third-order valence-electron chi connectivity index (χ3n) is 4.57. The molecule has 1 aromatic heterocycles. The number of hydrogen-bond acceptors (Lipinski definition) is 6.